The van der Waals surface area contributed by atoms with E-state index < -0.39 is 0 Å². The molecule has 0 amide bonds. The van der Waals surface area contributed by atoms with Gasteiger partial charge in [-0.3, -0.25) is 0 Å². The van der Waals surface area contributed by atoms with Crippen LogP contribution in [0.3, 0.4) is 0 Å². The van der Waals surface area contributed by atoms with Crippen molar-refractivity contribution in [3.63, 3.8) is 0 Å². The second-order valence-corrected chi connectivity index (χ2v) is 3.31. The number of anilines is 1. The van der Waals surface area contributed by atoms with Gasteiger partial charge < -0.3 is 10.1 Å². The normalized spacial score (nSPS) is 9.93. The molecule has 0 saturated carbocycles. The van der Waals surface area contributed by atoms with Crippen molar-refractivity contribution in [1.29, 1.82) is 0 Å². The maximum atomic E-state index is 5.33. The van der Waals surface area contributed by atoms with Crippen molar-refractivity contribution in [2.75, 3.05) is 24.7 Å². The number of rotatable bonds is 5. The molecule has 0 spiro atoms. The fourth-order valence-electron chi connectivity index (χ4n) is 0.989. The summed E-state index contributed by atoms with van der Waals surface area (Å²) in [5.74, 6) is 1.44. The molecule has 1 aromatic rings. The summed E-state index contributed by atoms with van der Waals surface area (Å²) >= 11 is 1.51. The minimum Gasteiger partial charge on any atom is -0.478 e. The summed E-state index contributed by atoms with van der Waals surface area (Å²) in [7, 11) is 0. The molecular weight excluding hydrogens is 198 g/mol. The highest BCUT2D eigenvalue weighted by molar-refractivity contribution is 7.98. The first-order chi connectivity index (χ1) is 6.80. The minimum atomic E-state index is 0.621. The summed E-state index contributed by atoms with van der Waals surface area (Å²) in [6.45, 7) is 5.43. The van der Waals surface area contributed by atoms with Gasteiger partial charge in [-0.1, -0.05) is 11.8 Å². The number of aromatic nitrogens is 2. The lowest BCUT2D eigenvalue weighted by atomic mass is 10.5. The fraction of sp³-hybridized carbons (Fsp3) is 0.556. The third-order valence-corrected chi connectivity index (χ3v) is 2.06. The summed E-state index contributed by atoms with van der Waals surface area (Å²) in [6.07, 6.45) is 1.95. The average molecular weight is 213 g/mol. The van der Waals surface area contributed by atoms with E-state index >= 15 is 0 Å². The van der Waals surface area contributed by atoms with Crippen LogP contribution in [0.25, 0.3) is 0 Å². The molecule has 0 aliphatic heterocycles. The third kappa shape index (κ3) is 3.06. The molecule has 0 aliphatic rings. The summed E-state index contributed by atoms with van der Waals surface area (Å²) in [5.41, 5.74) is 0. The first-order valence-electron chi connectivity index (χ1n) is 4.59. The molecule has 0 aliphatic carbocycles. The smallest absolute Gasteiger partial charge is 0.219 e. The van der Waals surface area contributed by atoms with Crippen molar-refractivity contribution in [1.82, 2.24) is 9.97 Å². The first kappa shape index (κ1) is 11.1. The molecule has 14 heavy (non-hydrogen) atoms. The molecule has 4 nitrogen and oxygen atoms in total. The summed E-state index contributed by atoms with van der Waals surface area (Å²) < 4.78 is 5.33. The molecule has 1 heterocycles. The predicted molar refractivity (Wildman–Crippen MR) is 59.1 cm³/mol. The lowest BCUT2D eigenvalue weighted by Crippen LogP contribution is -2.03. The number of hydrogen-bond donors (Lipinski definition) is 1. The van der Waals surface area contributed by atoms with Gasteiger partial charge in [-0.15, -0.1) is 0 Å². The Labute approximate surface area is 88.5 Å². The second kappa shape index (κ2) is 5.70. The fourth-order valence-corrected chi connectivity index (χ4v) is 1.36. The predicted octanol–water partition coefficient (Wildman–Crippen LogP) is 2.03. The van der Waals surface area contributed by atoms with Gasteiger partial charge in [0.15, 0.2) is 5.16 Å². The highest BCUT2D eigenvalue weighted by Crippen LogP contribution is 2.18. The standard InChI is InChI=1S/C9H15N3OS/c1-4-10-7-6-8(13-5-2)12-9(11-7)14-3/h6H,4-5H2,1-3H3,(H,10,11,12). The molecule has 5 heteroatoms. The van der Waals surface area contributed by atoms with Crippen molar-refractivity contribution in [3.8, 4) is 5.88 Å². The van der Waals surface area contributed by atoms with Crippen LogP contribution in [0.4, 0.5) is 5.82 Å². The van der Waals surface area contributed by atoms with E-state index in [0.717, 1.165) is 17.5 Å². The van der Waals surface area contributed by atoms with Crippen LogP contribution >= 0.6 is 11.8 Å². The SMILES string of the molecule is CCNc1cc(OCC)nc(SC)n1. The Bertz CT molecular complexity index is 269. The number of nitrogens with zero attached hydrogens (tertiary/aromatic N) is 2. The van der Waals surface area contributed by atoms with Gasteiger partial charge in [0.2, 0.25) is 5.88 Å². The Kier molecular flexibility index (Phi) is 4.52. The van der Waals surface area contributed by atoms with E-state index in [9.17, 15) is 0 Å². The molecule has 0 bridgehead atoms. The largest absolute Gasteiger partial charge is 0.478 e. The highest BCUT2D eigenvalue weighted by atomic mass is 32.2. The molecule has 0 radical (unpaired) electrons. The van der Waals surface area contributed by atoms with Crippen LogP contribution in [0.5, 0.6) is 5.88 Å². The first-order valence-corrected chi connectivity index (χ1v) is 5.82. The van der Waals surface area contributed by atoms with Crippen LogP contribution in [-0.4, -0.2) is 29.4 Å². The average Bonchev–Trinajstić information content (AvgIpc) is 2.18. The van der Waals surface area contributed by atoms with Crippen molar-refractivity contribution in [2.45, 2.75) is 19.0 Å². The quantitative estimate of drug-likeness (QED) is 0.599. The summed E-state index contributed by atoms with van der Waals surface area (Å²) in [5, 5.41) is 3.87. The maximum Gasteiger partial charge on any atom is 0.219 e. The molecule has 0 aromatic carbocycles. The van der Waals surface area contributed by atoms with E-state index in [1.807, 2.05) is 26.2 Å². The van der Waals surface area contributed by atoms with Crippen molar-refractivity contribution < 1.29 is 4.74 Å². The molecule has 0 unspecified atom stereocenters. The zero-order valence-electron chi connectivity index (χ0n) is 8.70. The van der Waals surface area contributed by atoms with Crippen molar-refractivity contribution >= 4 is 17.6 Å². The van der Waals surface area contributed by atoms with Gasteiger partial charge in [0.25, 0.3) is 0 Å². The van der Waals surface area contributed by atoms with Crippen LogP contribution in [0.2, 0.25) is 0 Å². The van der Waals surface area contributed by atoms with Gasteiger partial charge >= 0.3 is 0 Å². The van der Waals surface area contributed by atoms with Gasteiger partial charge in [0.05, 0.1) is 6.61 Å². The zero-order valence-corrected chi connectivity index (χ0v) is 9.52. The lowest BCUT2D eigenvalue weighted by Gasteiger charge is -2.07. The Hall–Kier alpha value is -0.970. The number of nitrogens with one attached hydrogen (secondary N) is 1. The molecular formula is C9H15N3OS. The van der Waals surface area contributed by atoms with Crippen LogP contribution in [0, 0.1) is 0 Å². The lowest BCUT2D eigenvalue weighted by molar-refractivity contribution is 0.323. The second-order valence-electron chi connectivity index (χ2n) is 2.54. The van der Waals surface area contributed by atoms with Crippen LogP contribution < -0.4 is 10.1 Å². The number of ether oxygens (including phenoxy) is 1. The highest BCUT2D eigenvalue weighted by Gasteiger charge is 2.03. The van der Waals surface area contributed by atoms with Crippen LogP contribution in [0.15, 0.2) is 11.2 Å². The molecule has 1 aromatic heterocycles. The summed E-state index contributed by atoms with van der Waals surface area (Å²) in [4.78, 5) is 8.50. The molecule has 0 saturated heterocycles. The minimum absolute atomic E-state index is 0.621. The zero-order chi connectivity index (χ0) is 10.4. The number of hydrogen-bond acceptors (Lipinski definition) is 5. The Morgan fingerprint density at radius 3 is 2.79 bits per heavy atom. The van der Waals surface area contributed by atoms with E-state index in [-0.39, 0.29) is 0 Å². The Morgan fingerprint density at radius 2 is 2.21 bits per heavy atom. The van der Waals surface area contributed by atoms with Gasteiger partial charge in [-0.05, 0) is 20.1 Å². The van der Waals surface area contributed by atoms with E-state index in [4.69, 9.17) is 4.74 Å². The number of thioether (sulfide) groups is 1. The van der Waals surface area contributed by atoms with Gasteiger partial charge in [-0.25, -0.2) is 4.98 Å². The van der Waals surface area contributed by atoms with E-state index in [1.165, 1.54) is 11.8 Å². The Morgan fingerprint density at radius 1 is 1.43 bits per heavy atom. The van der Waals surface area contributed by atoms with E-state index in [0.29, 0.717) is 12.5 Å². The molecule has 1 rings (SSSR count). The van der Waals surface area contributed by atoms with Crippen molar-refractivity contribution in [2.24, 2.45) is 0 Å². The topological polar surface area (TPSA) is 47.0 Å². The molecule has 78 valence electrons. The monoisotopic (exact) mass is 213 g/mol. The van der Waals surface area contributed by atoms with Crippen molar-refractivity contribution in [3.05, 3.63) is 6.07 Å². The molecule has 0 atom stereocenters. The summed E-state index contributed by atoms with van der Waals surface area (Å²) in [6, 6.07) is 1.81. The van der Waals surface area contributed by atoms with Gasteiger partial charge in [0.1, 0.15) is 5.82 Å². The molecule has 0 fully saturated rings. The van der Waals surface area contributed by atoms with E-state index in [2.05, 4.69) is 15.3 Å². The third-order valence-electron chi connectivity index (χ3n) is 1.51. The van der Waals surface area contributed by atoms with Crippen LogP contribution in [0.1, 0.15) is 13.8 Å². The Balaban J connectivity index is 2.88. The van der Waals surface area contributed by atoms with Gasteiger partial charge in [0, 0.05) is 12.6 Å². The molecule has 1 N–H and O–H groups in total. The maximum absolute atomic E-state index is 5.33. The van der Waals surface area contributed by atoms with E-state index in [1.54, 1.807) is 0 Å². The van der Waals surface area contributed by atoms with Gasteiger partial charge in [-0.2, -0.15) is 4.98 Å². The van der Waals surface area contributed by atoms with Crippen LogP contribution in [-0.2, 0) is 0 Å².